The molecular weight excluding hydrogens is 172 g/mol. The summed E-state index contributed by atoms with van der Waals surface area (Å²) in [5, 5.41) is 0.569. The highest BCUT2D eigenvalue weighted by Crippen LogP contribution is 2.28. The van der Waals surface area contributed by atoms with Crippen molar-refractivity contribution < 1.29 is 4.42 Å². The SMILES string of the molecule is Cc1ccc(-c2cnc(N)s2)o1. The molecule has 2 heterocycles. The van der Waals surface area contributed by atoms with Crippen molar-refractivity contribution in [2.24, 2.45) is 0 Å². The van der Waals surface area contributed by atoms with Crippen LogP contribution in [0.3, 0.4) is 0 Å². The number of nitrogen functional groups attached to an aromatic ring is 1. The Morgan fingerprint density at radius 1 is 1.50 bits per heavy atom. The number of anilines is 1. The second-order valence-electron chi connectivity index (χ2n) is 2.47. The first-order chi connectivity index (χ1) is 5.75. The third-order valence-corrected chi connectivity index (χ3v) is 2.35. The zero-order valence-electron chi connectivity index (χ0n) is 6.57. The Kier molecular flexibility index (Phi) is 1.62. The summed E-state index contributed by atoms with van der Waals surface area (Å²) in [5.41, 5.74) is 5.49. The first-order valence-electron chi connectivity index (χ1n) is 3.54. The van der Waals surface area contributed by atoms with Crippen LogP contribution in [0.25, 0.3) is 10.6 Å². The van der Waals surface area contributed by atoms with Crippen LogP contribution in [0.5, 0.6) is 0 Å². The first-order valence-corrected chi connectivity index (χ1v) is 4.35. The molecule has 2 rings (SSSR count). The maximum absolute atomic E-state index is 5.49. The number of nitrogens with zero attached hydrogens (tertiary/aromatic N) is 1. The maximum atomic E-state index is 5.49. The van der Waals surface area contributed by atoms with Crippen LogP contribution in [0, 0.1) is 6.92 Å². The van der Waals surface area contributed by atoms with Crippen molar-refractivity contribution in [3.8, 4) is 10.6 Å². The molecule has 0 saturated heterocycles. The monoisotopic (exact) mass is 180 g/mol. The molecule has 0 aliphatic carbocycles. The van der Waals surface area contributed by atoms with Gasteiger partial charge in [-0.3, -0.25) is 0 Å². The Morgan fingerprint density at radius 3 is 2.83 bits per heavy atom. The molecule has 0 aliphatic heterocycles. The van der Waals surface area contributed by atoms with Crippen molar-refractivity contribution >= 4 is 16.5 Å². The van der Waals surface area contributed by atoms with E-state index in [2.05, 4.69) is 4.98 Å². The molecule has 0 bridgehead atoms. The molecular formula is C8H8N2OS. The summed E-state index contributed by atoms with van der Waals surface area (Å²) in [6, 6.07) is 3.84. The van der Waals surface area contributed by atoms with Gasteiger partial charge in [0.15, 0.2) is 5.13 Å². The minimum atomic E-state index is 0.569. The third-order valence-electron chi connectivity index (χ3n) is 1.51. The molecule has 0 amide bonds. The van der Waals surface area contributed by atoms with E-state index in [-0.39, 0.29) is 0 Å². The Morgan fingerprint density at radius 2 is 2.33 bits per heavy atom. The zero-order valence-corrected chi connectivity index (χ0v) is 7.39. The minimum Gasteiger partial charge on any atom is -0.460 e. The van der Waals surface area contributed by atoms with Gasteiger partial charge in [-0.2, -0.15) is 0 Å². The molecule has 3 nitrogen and oxygen atoms in total. The number of hydrogen-bond donors (Lipinski definition) is 1. The highest BCUT2D eigenvalue weighted by atomic mass is 32.1. The fourth-order valence-electron chi connectivity index (χ4n) is 0.968. The molecule has 0 saturated carbocycles. The molecule has 0 spiro atoms. The van der Waals surface area contributed by atoms with Crippen LogP contribution in [-0.2, 0) is 0 Å². The number of furan rings is 1. The fourth-order valence-corrected chi connectivity index (χ4v) is 1.61. The van der Waals surface area contributed by atoms with Gasteiger partial charge in [-0.25, -0.2) is 4.98 Å². The molecule has 0 radical (unpaired) electrons. The van der Waals surface area contributed by atoms with E-state index < -0.39 is 0 Å². The standard InChI is InChI=1S/C8H8N2OS/c1-5-2-3-6(11-5)7-4-10-8(9)12-7/h2-4H,1H3,(H2,9,10). The molecule has 2 aromatic heterocycles. The second kappa shape index (κ2) is 2.64. The lowest BCUT2D eigenvalue weighted by Crippen LogP contribution is -1.77. The van der Waals surface area contributed by atoms with E-state index in [1.807, 2.05) is 19.1 Å². The zero-order chi connectivity index (χ0) is 8.55. The highest BCUT2D eigenvalue weighted by Gasteiger charge is 2.05. The number of aromatic nitrogens is 1. The van der Waals surface area contributed by atoms with Crippen molar-refractivity contribution in [2.45, 2.75) is 6.92 Å². The summed E-state index contributed by atoms with van der Waals surface area (Å²) in [7, 11) is 0. The Hall–Kier alpha value is -1.29. The van der Waals surface area contributed by atoms with E-state index in [1.54, 1.807) is 6.20 Å². The Bertz CT molecular complexity index is 353. The van der Waals surface area contributed by atoms with E-state index in [9.17, 15) is 0 Å². The molecule has 0 aromatic carbocycles. The molecule has 0 aliphatic rings. The van der Waals surface area contributed by atoms with Gasteiger partial charge in [0, 0.05) is 0 Å². The molecule has 62 valence electrons. The van der Waals surface area contributed by atoms with Crippen LogP contribution in [-0.4, -0.2) is 4.98 Å². The van der Waals surface area contributed by atoms with Crippen molar-refractivity contribution in [1.82, 2.24) is 4.98 Å². The molecule has 12 heavy (non-hydrogen) atoms. The molecule has 4 heteroatoms. The summed E-state index contributed by atoms with van der Waals surface area (Å²) in [5.74, 6) is 1.73. The summed E-state index contributed by atoms with van der Waals surface area (Å²) >= 11 is 1.43. The lowest BCUT2D eigenvalue weighted by atomic mass is 10.4. The van der Waals surface area contributed by atoms with Crippen LogP contribution in [0.2, 0.25) is 0 Å². The lowest BCUT2D eigenvalue weighted by Gasteiger charge is -1.86. The lowest BCUT2D eigenvalue weighted by molar-refractivity contribution is 0.549. The summed E-state index contributed by atoms with van der Waals surface area (Å²) in [6.45, 7) is 1.91. The molecule has 2 aromatic rings. The third kappa shape index (κ3) is 1.21. The normalized spacial score (nSPS) is 10.4. The maximum Gasteiger partial charge on any atom is 0.180 e. The van der Waals surface area contributed by atoms with E-state index in [0.29, 0.717) is 5.13 Å². The van der Waals surface area contributed by atoms with Crippen molar-refractivity contribution in [1.29, 1.82) is 0 Å². The number of thiazole rings is 1. The van der Waals surface area contributed by atoms with Gasteiger partial charge >= 0.3 is 0 Å². The first kappa shape index (κ1) is 7.36. The van der Waals surface area contributed by atoms with Gasteiger partial charge in [-0.15, -0.1) is 0 Å². The van der Waals surface area contributed by atoms with Gasteiger partial charge in [0.1, 0.15) is 11.5 Å². The average molecular weight is 180 g/mol. The van der Waals surface area contributed by atoms with Gasteiger partial charge < -0.3 is 10.2 Å². The van der Waals surface area contributed by atoms with Gasteiger partial charge in [-0.05, 0) is 19.1 Å². The van der Waals surface area contributed by atoms with Crippen molar-refractivity contribution in [3.63, 3.8) is 0 Å². The van der Waals surface area contributed by atoms with E-state index in [0.717, 1.165) is 16.4 Å². The number of nitrogens with two attached hydrogens (primary N) is 1. The fraction of sp³-hybridized carbons (Fsp3) is 0.125. The minimum absolute atomic E-state index is 0.569. The van der Waals surface area contributed by atoms with E-state index >= 15 is 0 Å². The van der Waals surface area contributed by atoms with E-state index in [1.165, 1.54) is 11.3 Å². The van der Waals surface area contributed by atoms with Crippen LogP contribution in [0.15, 0.2) is 22.7 Å². The molecule has 0 atom stereocenters. The Labute approximate surface area is 73.8 Å². The quantitative estimate of drug-likeness (QED) is 0.732. The summed E-state index contributed by atoms with van der Waals surface area (Å²) in [6.07, 6.45) is 1.72. The van der Waals surface area contributed by atoms with E-state index in [4.69, 9.17) is 10.2 Å². The van der Waals surface area contributed by atoms with Gasteiger partial charge in [0.2, 0.25) is 0 Å². The topological polar surface area (TPSA) is 52.0 Å². The Balaban J connectivity index is 2.43. The van der Waals surface area contributed by atoms with Crippen LogP contribution in [0.1, 0.15) is 5.76 Å². The van der Waals surface area contributed by atoms with Crippen LogP contribution in [0.4, 0.5) is 5.13 Å². The second-order valence-corrected chi connectivity index (χ2v) is 3.54. The summed E-state index contributed by atoms with van der Waals surface area (Å²) in [4.78, 5) is 4.91. The number of rotatable bonds is 1. The largest absolute Gasteiger partial charge is 0.460 e. The number of hydrogen-bond acceptors (Lipinski definition) is 4. The average Bonchev–Trinajstić information content (AvgIpc) is 2.58. The number of aryl methyl sites for hydroxylation is 1. The molecule has 2 N–H and O–H groups in total. The van der Waals surface area contributed by atoms with Gasteiger partial charge in [-0.1, -0.05) is 11.3 Å². The highest BCUT2D eigenvalue weighted by molar-refractivity contribution is 7.18. The predicted molar refractivity (Wildman–Crippen MR) is 49.0 cm³/mol. The van der Waals surface area contributed by atoms with Crippen LogP contribution < -0.4 is 5.73 Å². The van der Waals surface area contributed by atoms with Crippen LogP contribution >= 0.6 is 11.3 Å². The predicted octanol–water partition coefficient (Wildman–Crippen LogP) is 2.29. The van der Waals surface area contributed by atoms with Crippen molar-refractivity contribution in [3.05, 3.63) is 24.1 Å². The smallest absolute Gasteiger partial charge is 0.180 e. The molecule has 0 unspecified atom stereocenters. The van der Waals surface area contributed by atoms with Gasteiger partial charge in [0.05, 0.1) is 11.1 Å². The van der Waals surface area contributed by atoms with Crippen molar-refractivity contribution in [2.75, 3.05) is 5.73 Å². The van der Waals surface area contributed by atoms with Gasteiger partial charge in [0.25, 0.3) is 0 Å². The summed E-state index contributed by atoms with van der Waals surface area (Å²) < 4.78 is 5.40. The molecule has 0 fully saturated rings.